The summed E-state index contributed by atoms with van der Waals surface area (Å²) in [6.07, 6.45) is 1.22. The fourth-order valence-electron chi connectivity index (χ4n) is 1.51. The van der Waals surface area contributed by atoms with E-state index in [0.717, 1.165) is 12.8 Å². The number of hydrogen-bond acceptors (Lipinski definition) is 4. The number of aliphatic hydroxyl groups is 1. The van der Waals surface area contributed by atoms with Crippen LogP contribution in [-0.2, 0) is 0 Å². The summed E-state index contributed by atoms with van der Waals surface area (Å²) in [5.74, 6) is 1.92. The largest absolute Gasteiger partial charge is 0.493 e. The van der Waals surface area contributed by atoms with E-state index in [1.807, 2.05) is 18.2 Å². The Kier molecular flexibility index (Phi) is 5.63. The summed E-state index contributed by atoms with van der Waals surface area (Å²) >= 11 is 0. The van der Waals surface area contributed by atoms with Gasteiger partial charge in [0.05, 0.1) is 26.9 Å². The van der Waals surface area contributed by atoms with Gasteiger partial charge in [-0.2, -0.15) is 0 Å². The van der Waals surface area contributed by atoms with E-state index in [1.165, 1.54) is 0 Å². The van der Waals surface area contributed by atoms with Gasteiger partial charge < -0.3 is 19.3 Å². The number of aliphatic hydroxyl groups excluding tert-OH is 1. The van der Waals surface area contributed by atoms with E-state index >= 15 is 0 Å². The molecule has 17 heavy (non-hydrogen) atoms. The zero-order chi connectivity index (χ0) is 12.7. The quantitative estimate of drug-likeness (QED) is 0.742. The molecule has 1 atom stereocenters. The Labute approximate surface area is 102 Å². The lowest BCUT2D eigenvalue weighted by molar-refractivity contribution is 0.169. The molecule has 0 aliphatic carbocycles. The molecular weight excluding hydrogens is 220 g/mol. The zero-order valence-corrected chi connectivity index (χ0v) is 10.6. The SMILES string of the molecule is COc1cccc(OC)c1OCCCC(C)O. The summed E-state index contributed by atoms with van der Waals surface area (Å²) < 4.78 is 16.1. The standard InChI is InChI=1S/C13H20O4/c1-10(14)6-5-9-17-13-11(15-2)7-4-8-12(13)16-3/h4,7-8,10,14H,5-6,9H2,1-3H3. The van der Waals surface area contributed by atoms with Gasteiger partial charge in [0, 0.05) is 0 Å². The van der Waals surface area contributed by atoms with Crippen molar-refractivity contribution < 1.29 is 19.3 Å². The summed E-state index contributed by atoms with van der Waals surface area (Å²) in [6.45, 7) is 2.30. The van der Waals surface area contributed by atoms with Crippen LogP contribution in [0.25, 0.3) is 0 Å². The maximum atomic E-state index is 9.15. The average molecular weight is 240 g/mol. The van der Waals surface area contributed by atoms with Gasteiger partial charge in [-0.1, -0.05) is 6.07 Å². The van der Waals surface area contributed by atoms with Gasteiger partial charge in [0.15, 0.2) is 11.5 Å². The van der Waals surface area contributed by atoms with Crippen molar-refractivity contribution in [2.45, 2.75) is 25.9 Å². The minimum atomic E-state index is -0.293. The lowest BCUT2D eigenvalue weighted by Gasteiger charge is -2.14. The van der Waals surface area contributed by atoms with Crippen molar-refractivity contribution in [2.24, 2.45) is 0 Å². The highest BCUT2D eigenvalue weighted by Gasteiger charge is 2.10. The van der Waals surface area contributed by atoms with E-state index in [4.69, 9.17) is 19.3 Å². The Bertz CT molecular complexity index is 314. The van der Waals surface area contributed by atoms with Crippen molar-refractivity contribution in [3.63, 3.8) is 0 Å². The first-order valence-corrected chi connectivity index (χ1v) is 5.71. The Morgan fingerprint density at radius 1 is 1.18 bits per heavy atom. The van der Waals surface area contributed by atoms with Gasteiger partial charge in [-0.15, -0.1) is 0 Å². The van der Waals surface area contributed by atoms with Crippen LogP contribution in [0.1, 0.15) is 19.8 Å². The molecule has 0 saturated carbocycles. The maximum Gasteiger partial charge on any atom is 0.203 e. The van der Waals surface area contributed by atoms with Crippen LogP contribution in [-0.4, -0.2) is 32.0 Å². The first-order valence-electron chi connectivity index (χ1n) is 5.71. The number of methoxy groups -OCH3 is 2. The molecule has 0 aromatic heterocycles. The summed E-state index contributed by atoms with van der Waals surface area (Å²) in [7, 11) is 3.19. The smallest absolute Gasteiger partial charge is 0.203 e. The van der Waals surface area contributed by atoms with Crippen LogP contribution in [0.2, 0.25) is 0 Å². The minimum absolute atomic E-state index is 0.293. The highest BCUT2D eigenvalue weighted by atomic mass is 16.5. The van der Waals surface area contributed by atoms with Gasteiger partial charge in [-0.3, -0.25) is 0 Å². The first-order chi connectivity index (χ1) is 8.19. The molecule has 0 radical (unpaired) electrons. The Balaban J connectivity index is 2.61. The molecule has 1 aromatic carbocycles. The van der Waals surface area contributed by atoms with Crippen molar-refractivity contribution in [2.75, 3.05) is 20.8 Å². The second-order valence-corrected chi connectivity index (χ2v) is 3.83. The van der Waals surface area contributed by atoms with Gasteiger partial charge in [0.25, 0.3) is 0 Å². The molecule has 1 rings (SSSR count). The third-order valence-electron chi connectivity index (χ3n) is 2.40. The van der Waals surface area contributed by atoms with Gasteiger partial charge in [0.2, 0.25) is 5.75 Å². The second-order valence-electron chi connectivity index (χ2n) is 3.83. The highest BCUT2D eigenvalue weighted by molar-refractivity contribution is 5.51. The van der Waals surface area contributed by atoms with Crippen LogP contribution in [0.5, 0.6) is 17.2 Å². The summed E-state index contributed by atoms with van der Waals surface area (Å²) in [4.78, 5) is 0. The number of para-hydroxylation sites is 1. The molecule has 0 fully saturated rings. The van der Waals surface area contributed by atoms with E-state index in [1.54, 1.807) is 21.1 Å². The van der Waals surface area contributed by atoms with E-state index < -0.39 is 0 Å². The van der Waals surface area contributed by atoms with Crippen LogP contribution in [0.15, 0.2) is 18.2 Å². The molecule has 96 valence electrons. The minimum Gasteiger partial charge on any atom is -0.493 e. The highest BCUT2D eigenvalue weighted by Crippen LogP contribution is 2.36. The van der Waals surface area contributed by atoms with Crippen LogP contribution >= 0.6 is 0 Å². The van der Waals surface area contributed by atoms with Gasteiger partial charge >= 0.3 is 0 Å². The number of hydrogen-bond donors (Lipinski definition) is 1. The van der Waals surface area contributed by atoms with Gasteiger partial charge in [0.1, 0.15) is 0 Å². The molecule has 1 unspecified atom stereocenters. The maximum absolute atomic E-state index is 9.15. The van der Waals surface area contributed by atoms with Crippen LogP contribution < -0.4 is 14.2 Å². The Hall–Kier alpha value is -1.42. The number of ether oxygens (including phenoxy) is 3. The van der Waals surface area contributed by atoms with Crippen molar-refractivity contribution in [3.05, 3.63) is 18.2 Å². The summed E-state index contributed by atoms with van der Waals surface area (Å²) in [5.41, 5.74) is 0. The fourth-order valence-corrected chi connectivity index (χ4v) is 1.51. The normalized spacial score (nSPS) is 12.0. The predicted octanol–water partition coefficient (Wildman–Crippen LogP) is 2.24. The number of rotatable bonds is 7. The van der Waals surface area contributed by atoms with Crippen molar-refractivity contribution in [1.29, 1.82) is 0 Å². The average Bonchev–Trinajstić information content (AvgIpc) is 2.34. The molecule has 0 aliphatic heterocycles. The van der Waals surface area contributed by atoms with Crippen molar-refractivity contribution >= 4 is 0 Å². The van der Waals surface area contributed by atoms with E-state index in [-0.39, 0.29) is 6.10 Å². The second kappa shape index (κ2) is 7.01. The molecule has 4 heteroatoms. The molecule has 0 heterocycles. The van der Waals surface area contributed by atoms with Crippen LogP contribution in [0, 0.1) is 0 Å². The van der Waals surface area contributed by atoms with E-state index in [2.05, 4.69) is 0 Å². The van der Waals surface area contributed by atoms with Crippen LogP contribution in [0.4, 0.5) is 0 Å². The first kappa shape index (κ1) is 13.6. The lowest BCUT2D eigenvalue weighted by atomic mass is 10.2. The molecule has 1 N–H and O–H groups in total. The molecule has 0 bridgehead atoms. The van der Waals surface area contributed by atoms with Crippen molar-refractivity contribution in [1.82, 2.24) is 0 Å². The molecule has 0 amide bonds. The topological polar surface area (TPSA) is 47.9 Å². The zero-order valence-electron chi connectivity index (χ0n) is 10.6. The molecule has 0 aliphatic rings. The van der Waals surface area contributed by atoms with E-state index in [0.29, 0.717) is 23.9 Å². The van der Waals surface area contributed by atoms with Crippen LogP contribution in [0.3, 0.4) is 0 Å². The summed E-state index contributed by atoms with van der Waals surface area (Å²) in [5, 5.41) is 9.15. The lowest BCUT2D eigenvalue weighted by Crippen LogP contribution is -2.05. The van der Waals surface area contributed by atoms with Crippen molar-refractivity contribution in [3.8, 4) is 17.2 Å². The number of benzene rings is 1. The Morgan fingerprint density at radius 2 is 1.76 bits per heavy atom. The summed E-state index contributed by atoms with van der Waals surface area (Å²) in [6, 6.07) is 5.50. The Morgan fingerprint density at radius 3 is 2.24 bits per heavy atom. The molecule has 1 aromatic rings. The molecule has 4 nitrogen and oxygen atoms in total. The van der Waals surface area contributed by atoms with Gasteiger partial charge in [-0.25, -0.2) is 0 Å². The molecule has 0 saturated heterocycles. The predicted molar refractivity (Wildman–Crippen MR) is 66.0 cm³/mol. The van der Waals surface area contributed by atoms with E-state index in [9.17, 15) is 0 Å². The molecule has 0 spiro atoms. The van der Waals surface area contributed by atoms with Gasteiger partial charge in [-0.05, 0) is 31.9 Å². The third-order valence-corrected chi connectivity index (χ3v) is 2.40. The molecular formula is C13H20O4. The third kappa shape index (κ3) is 4.15. The fraction of sp³-hybridized carbons (Fsp3) is 0.538. The monoisotopic (exact) mass is 240 g/mol.